The van der Waals surface area contributed by atoms with Crippen LogP contribution in [0.15, 0.2) is 0 Å². The molecule has 0 saturated carbocycles. The molecule has 0 aromatic carbocycles. The van der Waals surface area contributed by atoms with Gasteiger partial charge < -0.3 is 15.5 Å². The summed E-state index contributed by atoms with van der Waals surface area (Å²) in [4.78, 5) is 13.7. The van der Waals surface area contributed by atoms with E-state index in [9.17, 15) is 4.79 Å². The SMILES string of the molecule is CNCC(C)C(=O)NCC(C)(C)N(C)C.Cl.Cl. The van der Waals surface area contributed by atoms with Crippen LogP contribution in [0.2, 0.25) is 0 Å². The Labute approximate surface area is 118 Å². The molecule has 0 bridgehead atoms. The fourth-order valence-corrected chi connectivity index (χ4v) is 1.03. The van der Waals surface area contributed by atoms with E-state index in [2.05, 4.69) is 29.4 Å². The molecule has 6 heteroatoms. The minimum absolute atomic E-state index is 0. The Morgan fingerprint density at radius 1 is 1.29 bits per heavy atom. The van der Waals surface area contributed by atoms with Crippen molar-refractivity contribution >= 4 is 30.7 Å². The van der Waals surface area contributed by atoms with Gasteiger partial charge in [0, 0.05) is 24.5 Å². The van der Waals surface area contributed by atoms with E-state index < -0.39 is 0 Å². The highest BCUT2D eigenvalue weighted by molar-refractivity contribution is 5.85. The van der Waals surface area contributed by atoms with Gasteiger partial charge in [-0.15, -0.1) is 24.8 Å². The molecule has 0 saturated heterocycles. The van der Waals surface area contributed by atoms with Gasteiger partial charge in [-0.1, -0.05) is 6.92 Å². The van der Waals surface area contributed by atoms with Crippen molar-refractivity contribution in [3.05, 3.63) is 0 Å². The first kappa shape index (κ1) is 22.2. The van der Waals surface area contributed by atoms with Crippen molar-refractivity contribution < 1.29 is 4.79 Å². The molecular formula is C11H27Cl2N3O. The Bertz CT molecular complexity index is 211. The van der Waals surface area contributed by atoms with Crippen LogP contribution in [0, 0.1) is 5.92 Å². The fourth-order valence-electron chi connectivity index (χ4n) is 1.03. The largest absolute Gasteiger partial charge is 0.354 e. The van der Waals surface area contributed by atoms with Crippen LogP contribution in [-0.4, -0.2) is 50.6 Å². The van der Waals surface area contributed by atoms with E-state index in [1.54, 1.807) is 0 Å². The van der Waals surface area contributed by atoms with Gasteiger partial charge in [-0.2, -0.15) is 0 Å². The smallest absolute Gasteiger partial charge is 0.224 e. The molecule has 0 aliphatic heterocycles. The number of rotatable bonds is 6. The Kier molecular flexibility index (Phi) is 13.0. The van der Waals surface area contributed by atoms with Gasteiger partial charge in [0.15, 0.2) is 0 Å². The first-order chi connectivity index (χ1) is 6.81. The molecule has 0 aromatic rings. The number of carbonyl (C=O) groups is 1. The zero-order valence-electron chi connectivity index (χ0n) is 11.7. The van der Waals surface area contributed by atoms with Crippen molar-refractivity contribution in [3.8, 4) is 0 Å². The summed E-state index contributed by atoms with van der Waals surface area (Å²) in [6.45, 7) is 7.53. The van der Waals surface area contributed by atoms with Crippen LogP contribution < -0.4 is 10.6 Å². The van der Waals surface area contributed by atoms with Gasteiger partial charge in [0.1, 0.15) is 0 Å². The van der Waals surface area contributed by atoms with Gasteiger partial charge in [-0.3, -0.25) is 4.79 Å². The van der Waals surface area contributed by atoms with Crippen molar-refractivity contribution in [2.45, 2.75) is 26.3 Å². The molecule has 0 spiro atoms. The first-order valence-electron chi connectivity index (χ1n) is 5.41. The van der Waals surface area contributed by atoms with E-state index in [0.717, 1.165) is 0 Å². The van der Waals surface area contributed by atoms with Crippen molar-refractivity contribution in [1.82, 2.24) is 15.5 Å². The lowest BCUT2D eigenvalue weighted by molar-refractivity contribution is -0.124. The fraction of sp³-hybridized carbons (Fsp3) is 0.909. The van der Waals surface area contributed by atoms with Crippen molar-refractivity contribution in [3.63, 3.8) is 0 Å². The molecule has 0 rings (SSSR count). The summed E-state index contributed by atoms with van der Waals surface area (Å²) in [5.41, 5.74) is -0.00494. The zero-order valence-corrected chi connectivity index (χ0v) is 13.3. The lowest BCUT2D eigenvalue weighted by Crippen LogP contribution is -2.49. The normalized spacial score (nSPS) is 12.4. The molecule has 106 valence electrons. The van der Waals surface area contributed by atoms with E-state index in [-0.39, 0.29) is 42.2 Å². The molecule has 0 aliphatic rings. The van der Waals surface area contributed by atoms with Crippen molar-refractivity contribution in [2.75, 3.05) is 34.2 Å². The molecule has 0 radical (unpaired) electrons. The Morgan fingerprint density at radius 2 is 1.76 bits per heavy atom. The van der Waals surface area contributed by atoms with E-state index >= 15 is 0 Å². The summed E-state index contributed by atoms with van der Waals surface area (Å²) in [6.07, 6.45) is 0. The van der Waals surface area contributed by atoms with Crippen LogP contribution in [0.1, 0.15) is 20.8 Å². The molecule has 0 heterocycles. The van der Waals surface area contributed by atoms with Gasteiger partial charge in [-0.25, -0.2) is 0 Å². The van der Waals surface area contributed by atoms with Gasteiger partial charge in [0.25, 0.3) is 0 Å². The number of hydrogen-bond acceptors (Lipinski definition) is 3. The number of amides is 1. The quantitative estimate of drug-likeness (QED) is 0.770. The highest BCUT2D eigenvalue weighted by Gasteiger charge is 2.22. The maximum atomic E-state index is 11.6. The van der Waals surface area contributed by atoms with Gasteiger partial charge >= 0.3 is 0 Å². The van der Waals surface area contributed by atoms with Crippen LogP contribution in [0.25, 0.3) is 0 Å². The predicted octanol–water partition coefficient (Wildman–Crippen LogP) is 1.14. The van der Waals surface area contributed by atoms with E-state index in [1.807, 2.05) is 28.1 Å². The minimum Gasteiger partial charge on any atom is -0.354 e. The average Bonchev–Trinajstić information content (AvgIpc) is 2.14. The molecular weight excluding hydrogens is 261 g/mol. The maximum Gasteiger partial charge on any atom is 0.224 e. The van der Waals surface area contributed by atoms with Crippen LogP contribution in [0.4, 0.5) is 0 Å². The summed E-state index contributed by atoms with van der Waals surface area (Å²) in [6, 6.07) is 0. The molecule has 1 unspecified atom stereocenters. The molecule has 0 aromatic heterocycles. The molecule has 4 nitrogen and oxygen atoms in total. The average molecular weight is 288 g/mol. The topological polar surface area (TPSA) is 44.4 Å². The number of halogens is 2. The Morgan fingerprint density at radius 3 is 2.12 bits per heavy atom. The summed E-state index contributed by atoms with van der Waals surface area (Å²) in [5, 5.41) is 5.97. The summed E-state index contributed by atoms with van der Waals surface area (Å²) in [7, 11) is 5.89. The van der Waals surface area contributed by atoms with Gasteiger partial charge in [-0.05, 0) is 35.0 Å². The zero-order chi connectivity index (χ0) is 12.1. The minimum atomic E-state index is -0.00494. The molecule has 0 fully saturated rings. The van der Waals surface area contributed by atoms with Crippen LogP contribution in [-0.2, 0) is 4.79 Å². The first-order valence-corrected chi connectivity index (χ1v) is 5.41. The third kappa shape index (κ3) is 8.66. The number of nitrogens with one attached hydrogen (secondary N) is 2. The number of carbonyl (C=O) groups excluding carboxylic acids is 1. The highest BCUT2D eigenvalue weighted by atomic mass is 35.5. The van der Waals surface area contributed by atoms with Crippen LogP contribution >= 0.6 is 24.8 Å². The predicted molar refractivity (Wildman–Crippen MR) is 78.4 cm³/mol. The lowest BCUT2D eigenvalue weighted by atomic mass is 10.0. The third-order valence-corrected chi connectivity index (χ3v) is 2.86. The lowest BCUT2D eigenvalue weighted by Gasteiger charge is -2.33. The molecule has 1 amide bonds. The summed E-state index contributed by atoms with van der Waals surface area (Å²) < 4.78 is 0. The second kappa shape index (κ2) is 9.95. The Balaban J connectivity index is -0.000000980. The maximum absolute atomic E-state index is 11.6. The number of likely N-dealkylation sites (N-methyl/N-ethyl adjacent to an activating group) is 1. The van der Waals surface area contributed by atoms with E-state index in [4.69, 9.17) is 0 Å². The van der Waals surface area contributed by atoms with Gasteiger partial charge in [0.05, 0.1) is 0 Å². The molecule has 1 atom stereocenters. The second-order valence-corrected chi connectivity index (χ2v) is 4.88. The molecule has 17 heavy (non-hydrogen) atoms. The second-order valence-electron chi connectivity index (χ2n) is 4.88. The summed E-state index contributed by atoms with van der Waals surface area (Å²) >= 11 is 0. The number of hydrogen-bond donors (Lipinski definition) is 2. The van der Waals surface area contributed by atoms with Crippen LogP contribution in [0.5, 0.6) is 0 Å². The Hall–Kier alpha value is -0.0300. The van der Waals surface area contributed by atoms with Crippen LogP contribution in [0.3, 0.4) is 0 Å². The van der Waals surface area contributed by atoms with E-state index in [0.29, 0.717) is 13.1 Å². The summed E-state index contributed by atoms with van der Waals surface area (Å²) in [5.74, 6) is 0.132. The van der Waals surface area contributed by atoms with Crippen molar-refractivity contribution in [1.29, 1.82) is 0 Å². The molecule has 2 N–H and O–H groups in total. The number of nitrogens with zero attached hydrogens (tertiary/aromatic N) is 1. The standard InChI is InChI=1S/C11H25N3O.2ClH/c1-9(7-12-4)10(15)13-8-11(2,3)14(5)6;;/h9,12H,7-8H2,1-6H3,(H,13,15);2*1H. The highest BCUT2D eigenvalue weighted by Crippen LogP contribution is 2.08. The van der Waals surface area contributed by atoms with E-state index in [1.165, 1.54) is 0 Å². The van der Waals surface area contributed by atoms with Gasteiger partial charge in [0.2, 0.25) is 5.91 Å². The molecule has 0 aliphatic carbocycles. The third-order valence-electron chi connectivity index (χ3n) is 2.86. The monoisotopic (exact) mass is 287 g/mol. The van der Waals surface area contributed by atoms with Crippen molar-refractivity contribution in [2.24, 2.45) is 5.92 Å².